The van der Waals surface area contributed by atoms with Gasteiger partial charge >= 0.3 is 5.97 Å². The molecule has 0 aromatic heterocycles. The van der Waals surface area contributed by atoms with Gasteiger partial charge in [-0.1, -0.05) is 56.9 Å². The van der Waals surface area contributed by atoms with Crippen molar-refractivity contribution in [1.82, 2.24) is 0 Å². The molecule has 4 heteroatoms. The second kappa shape index (κ2) is 14.0. The maximum Gasteiger partial charge on any atom is 0.303 e. The number of unbranched alkanes of at least 4 members (excludes halogenated alkanes) is 5. The molecule has 1 rings (SSSR count). The van der Waals surface area contributed by atoms with E-state index in [4.69, 9.17) is 5.11 Å². The number of hydrogen-bond donors (Lipinski definition) is 3. The zero-order valence-electron chi connectivity index (χ0n) is 17.1. The van der Waals surface area contributed by atoms with Gasteiger partial charge in [0.2, 0.25) is 0 Å². The maximum absolute atomic E-state index is 10.5. The third kappa shape index (κ3) is 10.1. The van der Waals surface area contributed by atoms with Gasteiger partial charge in [-0.3, -0.25) is 4.79 Å². The number of carboxylic acids is 1. The van der Waals surface area contributed by atoms with E-state index < -0.39 is 18.2 Å². The summed E-state index contributed by atoms with van der Waals surface area (Å²) in [7, 11) is 0. The molecule has 0 aliphatic heterocycles. The summed E-state index contributed by atoms with van der Waals surface area (Å²) in [4.78, 5) is 10.5. The summed E-state index contributed by atoms with van der Waals surface area (Å²) in [5.41, 5.74) is 1.27. The van der Waals surface area contributed by atoms with Gasteiger partial charge in [0.1, 0.15) is 0 Å². The summed E-state index contributed by atoms with van der Waals surface area (Å²) in [6.45, 7) is 6.43. The highest BCUT2D eigenvalue weighted by atomic mass is 16.4. The standard InChI is InChI=1S/C23H40O4/c1-3-4-5-6-9-12-18(2)15-16-20-19(21(24)17-22(20)25)13-10-7-8-11-14-23(26)27/h7,10,19-22,24-25H,2-6,8-9,11-17H2,1H3,(H,26,27)/b10-7-/t19-,20-,21+,22-/m1/s1. The summed E-state index contributed by atoms with van der Waals surface area (Å²) in [6.07, 6.45) is 15.2. The van der Waals surface area contributed by atoms with Crippen molar-refractivity contribution >= 4 is 5.97 Å². The lowest BCUT2D eigenvalue weighted by atomic mass is 9.85. The van der Waals surface area contributed by atoms with E-state index in [0.717, 1.165) is 32.1 Å². The van der Waals surface area contributed by atoms with Crippen LogP contribution in [0.2, 0.25) is 0 Å². The fraction of sp³-hybridized carbons (Fsp3) is 0.783. The second-order valence-electron chi connectivity index (χ2n) is 8.14. The van der Waals surface area contributed by atoms with Gasteiger partial charge in [-0.05, 0) is 63.2 Å². The van der Waals surface area contributed by atoms with Crippen LogP contribution in [0, 0.1) is 11.8 Å². The van der Waals surface area contributed by atoms with Crippen LogP contribution >= 0.6 is 0 Å². The molecule has 0 radical (unpaired) electrons. The number of aliphatic hydroxyl groups excluding tert-OH is 2. The average Bonchev–Trinajstić information content (AvgIpc) is 2.88. The van der Waals surface area contributed by atoms with E-state index in [1.54, 1.807) is 0 Å². The summed E-state index contributed by atoms with van der Waals surface area (Å²) in [5, 5.41) is 29.3. The van der Waals surface area contributed by atoms with E-state index in [1.165, 1.54) is 37.7 Å². The number of allylic oxidation sites excluding steroid dienone is 3. The van der Waals surface area contributed by atoms with Gasteiger partial charge in [0, 0.05) is 6.42 Å². The molecule has 0 amide bonds. The number of aliphatic hydroxyl groups is 2. The van der Waals surface area contributed by atoms with Crippen molar-refractivity contribution in [2.45, 2.75) is 103 Å². The molecule has 4 nitrogen and oxygen atoms in total. The molecule has 3 N–H and O–H groups in total. The lowest BCUT2D eigenvalue weighted by molar-refractivity contribution is -0.137. The highest BCUT2D eigenvalue weighted by Crippen LogP contribution is 2.39. The molecule has 1 fully saturated rings. The Balaban J connectivity index is 2.32. The number of hydrogen-bond acceptors (Lipinski definition) is 3. The summed E-state index contributed by atoms with van der Waals surface area (Å²) < 4.78 is 0. The Bertz CT molecular complexity index is 457. The molecule has 156 valence electrons. The molecule has 1 saturated carbocycles. The number of carbonyl (C=O) groups is 1. The molecular formula is C23H40O4. The van der Waals surface area contributed by atoms with E-state index in [0.29, 0.717) is 12.8 Å². The first-order valence-corrected chi connectivity index (χ1v) is 10.8. The molecule has 0 aromatic rings. The van der Waals surface area contributed by atoms with Crippen LogP contribution < -0.4 is 0 Å². The number of aliphatic carboxylic acids is 1. The van der Waals surface area contributed by atoms with Crippen LogP contribution in [0.1, 0.15) is 90.4 Å². The van der Waals surface area contributed by atoms with Gasteiger partial charge in [-0.2, -0.15) is 0 Å². The van der Waals surface area contributed by atoms with E-state index >= 15 is 0 Å². The molecule has 0 saturated heterocycles. The quantitative estimate of drug-likeness (QED) is 0.268. The minimum atomic E-state index is -0.761. The molecule has 27 heavy (non-hydrogen) atoms. The lowest BCUT2D eigenvalue weighted by Gasteiger charge is -2.23. The normalized spacial score (nSPS) is 25.3. The Hall–Kier alpha value is -1.13. The Morgan fingerprint density at radius 1 is 0.963 bits per heavy atom. The van der Waals surface area contributed by atoms with E-state index in [2.05, 4.69) is 13.5 Å². The Morgan fingerprint density at radius 3 is 2.37 bits per heavy atom. The van der Waals surface area contributed by atoms with Gasteiger partial charge in [0.25, 0.3) is 0 Å². The van der Waals surface area contributed by atoms with Crippen molar-refractivity contribution < 1.29 is 20.1 Å². The summed E-state index contributed by atoms with van der Waals surface area (Å²) >= 11 is 0. The van der Waals surface area contributed by atoms with Gasteiger partial charge < -0.3 is 15.3 Å². The molecule has 0 bridgehead atoms. The largest absolute Gasteiger partial charge is 0.481 e. The minimum Gasteiger partial charge on any atom is -0.481 e. The van der Waals surface area contributed by atoms with Crippen molar-refractivity contribution in [2.75, 3.05) is 0 Å². The van der Waals surface area contributed by atoms with Crippen LogP contribution in [-0.4, -0.2) is 33.5 Å². The van der Waals surface area contributed by atoms with Crippen LogP contribution in [0.5, 0.6) is 0 Å². The molecule has 4 atom stereocenters. The van der Waals surface area contributed by atoms with Crippen molar-refractivity contribution in [3.05, 3.63) is 24.3 Å². The van der Waals surface area contributed by atoms with Gasteiger partial charge in [-0.25, -0.2) is 0 Å². The predicted octanol–water partition coefficient (Wildman–Crippen LogP) is 5.24. The zero-order chi connectivity index (χ0) is 20.1. The Kier molecular flexibility index (Phi) is 12.4. The van der Waals surface area contributed by atoms with Crippen molar-refractivity contribution in [3.63, 3.8) is 0 Å². The Labute approximate surface area is 165 Å². The average molecular weight is 381 g/mol. The zero-order valence-corrected chi connectivity index (χ0v) is 17.1. The third-order valence-corrected chi connectivity index (χ3v) is 5.82. The van der Waals surface area contributed by atoms with Crippen LogP contribution in [0.3, 0.4) is 0 Å². The van der Waals surface area contributed by atoms with Crippen molar-refractivity contribution in [2.24, 2.45) is 11.8 Å². The fourth-order valence-electron chi connectivity index (χ4n) is 4.12. The number of rotatable bonds is 15. The fourth-order valence-corrected chi connectivity index (χ4v) is 4.12. The van der Waals surface area contributed by atoms with E-state index in [1.807, 2.05) is 12.2 Å². The minimum absolute atomic E-state index is 0.0908. The summed E-state index contributed by atoms with van der Waals surface area (Å²) in [5.74, 6) is -0.544. The smallest absolute Gasteiger partial charge is 0.303 e. The molecule has 0 unspecified atom stereocenters. The number of carboxylic acid groups (broad SMARTS) is 1. The van der Waals surface area contributed by atoms with Crippen LogP contribution in [0.15, 0.2) is 24.3 Å². The van der Waals surface area contributed by atoms with E-state index in [9.17, 15) is 15.0 Å². The third-order valence-electron chi connectivity index (χ3n) is 5.82. The topological polar surface area (TPSA) is 77.8 Å². The molecule has 1 aliphatic rings. The Morgan fingerprint density at radius 2 is 1.67 bits per heavy atom. The molecular weight excluding hydrogens is 340 g/mol. The van der Waals surface area contributed by atoms with Crippen molar-refractivity contribution in [3.8, 4) is 0 Å². The van der Waals surface area contributed by atoms with E-state index in [-0.39, 0.29) is 18.3 Å². The first-order chi connectivity index (χ1) is 13.0. The molecule has 0 spiro atoms. The predicted molar refractivity (Wildman–Crippen MR) is 111 cm³/mol. The molecule has 0 heterocycles. The second-order valence-corrected chi connectivity index (χ2v) is 8.14. The van der Waals surface area contributed by atoms with Gasteiger partial charge in [-0.15, -0.1) is 0 Å². The van der Waals surface area contributed by atoms with Gasteiger partial charge in [0.05, 0.1) is 12.2 Å². The van der Waals surface area contributed by atoms with Crippen LogP contribution in [0.4, 0.5) is 0 Å². The lowest BCUT2D eigenvalue weighted by Crippen LogP contribution is -2.21. The first kappa shape index (κ1) is 23.9. The SMILES string of the molecule is C=C(CCCCCCC)CC[C@@H]1[C@@H](C/C=C\CCCC(=O)O)[C@@H](O)C[C@H]1O. The van der Waals surface area contributed by atoms with Crippen molar-refractivity contribution in [1.29, 1.82) is 0 Å². The highest BCUT2D eigenvalue weighted by Gasteiger charge is 2.40. The maximum atomic E-state index is 10.5. The molecule has 0 aromatic carbocycles. The highest BCUT2D eigenvalue weighted by molar-refractivity contribution is 5.66. The van der Waals surface area contributed by atoms with Gasteiger partial charge in [0.15, 0.2) is 0 Å². The molecule has 1 aliphatic carbocycles. The monoisotopic (exact) mass is 380 g/mol. The van der Waals surface area contributed by atoms with Crippen LogP contribution in [0.25, 0.3) is 0 Å². The summed E-state index contributed by atoms with van der Waals surface area (Å²) in [6, 6.07) is 0. The first-order valence-electron chi connectivity index (χ1n) is 10.8. The van der Waals surface area contributed by atoms with Crippen LogP contribution in [-0.2, 0) is 4.79 Å².